The van der Waals surface area contributed by atoms with Gasteiger partial charge in [0.1, 0.15) is 5.82 Å². The van der Waals surface area contributed by atoms with Gasteiger partial charge in [-0.05, 0) is 30.7 Å². The molecule has 0 unspecified atom stereocenters. The number of carbonyl (C=O) groups excluding carboxylic acids is 1. The Balaban J connectivity index is 1.73. The van der Waals surface area contributed by atoms with Gasteiger partial charge in [0.05, 0.1) is 6.61 Å². The summed E-state index contributed by atoms with van der Waals surface area (Å²) < 4.78 is 19.0. The highest BCUT2D eigenvalue weighted by atomic mass is 19.1. The van der Waals surface area contributed by atoms with Crippen LogP contribution in [-0.4, -0.2) is 32.1 Å². The second-order valence-corrected chi connectivity index (χ2v) is 6.33. The van der Waals surface area contributed by atoms with Crippen LogP contribution >= 0.6 is 0 Å². The van der Waals surface area contributed by atoms with Crippen LogP contribution in [0.15, 0.2) is 48.5 Å². The lowest BCUT2D eigenvalue weighted by atomic mass is 9.86. The molecule has 0 saturated carbocycles. The van der Waals surface area contributed by atoms with E-state index in [0.717, 1.165) is 13.0 Å². The van der Waals surface area contributed by atoms with Crippen molar-refractivity contribution >= 4 is 5.91 Å². The Kier molecular flexibility index (Phi) is 5.79. The lowest BCUT2D eigenvalue weighted by Crippen LogP contribution is -2.50. The van der Waals surface area contributed by atoms with Crippen molar-refractivity contribution in [2.45, 2.75) is 25.0 Å². The number of ether oxygens (including phenoxy) is 1. The average molecular weight is 342 g/mol. The van der Waals surface area contributed by atoms with E-state index in [1.807, 2.05) is 18.2 Å². The van der Waals surface area contributed by atoms with Crippen LogP contribution < -0.4 is 10.6 Å². The quantitative estimate of drug-likeness (QED) is 0.878. The number of piperidine rings is 1. The summed E-state index contributed by atoms with van der Waals surface area (Å²) in [6.07, 6.45) is 0.954. The fourth-order valence-electron chi connectivity index (χ4n) is 3.32. The Morgan fingerprint density at radius 3 is 2.80 bits per heavy atom. The summed E-state index contributed by atoms with van der Waals surface area (Å²) in [5.41, 5.74) is 1.99. The maximum Gasteiger partial charge on any atom is 0.251 e. The van der Waals surface area contributed by atoms with Crippen molar-refractivity contribution in [2.24, 2.45) is 0 Å². The normalized spacial score (nSPS) is 20.2. The first-order valence-electron chi connectivity index (χ1n) is 8.53. The first-order chi connectivity index (χ1) is 12.2. The molecule has 1 aliphatic rings. The Morgan fingerprint density at radius 1 is 1.28 bits per heavy atom. The van der Waals surface area contributed by atoms with Crippen LogP contribution in [0.4, 0.5) is 4.39 Å². The number of methoxy groups -OCH3 is 1. The van der Waals surface area contributed by atoms with Crippen LogP contribution in [0.1, 0.15) is 33.8 Å². The molecule has 2 atom stereocenters. The van der Waals surface area contributed by atoms with E-state index in [0.29, 0.717) is 17.7 Å². The highest BCUT2D eigenvalue weighted by Gasteiger charge is 2.28. The predicted molar refractivity (Wildman–Crippen MR) is 95.0 cm³/mol. The van der Waals surface area contributed by atoms with E-state index in [1.165, 1.54) is 18.7 Å². The average Bonchev–Trinajstić information content (AvgIpc) is 2.64. The Morgan fingerprint density at radius 2 is 2.08 bits per heavy atom. The van der Waals surface area contributed by atoms with Gasteiger partial charge in [0.15, 0.2) is 0 Å². The van der Waals surface area contributed by atoms with Gasteiger partial charge in [0, 0.05) is 36.7 Å². The minimum Gasteiger partial charge on any atom is -0.380 e. The van der Waals surface area contributed by atoms with Crippen LogP contribution in [0.5, 0.6) is 0 Å². The standard InChI is InChI=1S/C20H23FN2O2/c1-25-13-16-8-7-15(11-18(16)21)20(24)23-19-12-22-10-9-17(19)14-5-3-2-4-6-14/h2-8,11,17,19,22H,9-10,12-13H2,1H3,(H,23,24)/t17-,19-/m1/s1. The third kappa shape index (κ3) is 4.24. The van der Waals surface area contributed by atoms with E-state index >= 15 is 0 Å². The van der Waals surface area contributed by atoms with E-state index in [-0.39, 0.29) is 24.5 Å². The predicted octanol–water partition coefficient (Wildman–Crippen LogP) is 2.85. The van der Waals surface area contributed by atoms with Crippen LogP contribution in [0, 0.1) is 5.82 Å². The fourth-order valence-corrected chi connectivity index (χ4v) is 3.32. The minimum absolute atomic E-state index is 0.0228. The molecule has 0 spiro atoms. The first-order valence-corrected chi connectivity index (χ1v) is 8.53. The number of halogens is 1. The van der Waals surface area contributed by atoms with Gasteiger partial charge in [-0.15, -0.1) is 0 Å². The van der Waals surface area contributed by atoms with E-state index in [9.17, 15) is 9.18 Å². The van der Waals surface area contributed by atoms with E-state index in [1.54, 1.807) is 12.1 Å². The molecule has 0 aromatic heterocycles. The molecule has 1 fully saturated rings. The highest BCUT2D eigenvalue weighted by molar-refractivity contribution is 5.94. The molecule has 1 saturated heterocycles. The molecule has 0 radical (unpaired) electrons. The van der Waals surface area contributed by atoms with Crippen molar-refractivity contribution in [1.82, 2.24) is 10.6 Å². The van der Waals surface area contributed by atoms with Crippen LogP contribution in [-0.2, 0) is 11.3 Å². The molecule has 2 aromatic rings. The first kappa shape index (κ1) is 17.6. The molecule has 25 heavy (non-hydrogen) atoms. The van der Waals surface area contributed by atoms with E-state index in [4.69, 9.17) is 4.74 Å². The number of hydrogen-bond acceptors (Lipinski definition) is 3. The molecule has 2 aromatic carbocycles. The van der Waals surface area contributed by atoms with E-state index in [2.05, 4.69) is 22.8 Å². The number of hydrogen-bond donors (Lipinski definition) is 2. The monoisotopic (exact) mass is 342 g/mol. The fraction of sp³-hybridized carbons (Fsp3) is 0.350. The van der Waals surface area contributed by atoms with Gasteiger partial charge in [-0.2, -0.15) is 0 Å². The summed E-state index contributed by atoms with van der Waals surface area (Å²) in [7, 11) is 1.51. The number of amides is 1. The summed E-state index contributed by atoms with van der Waals surface area (Å²) in [6, 6.07) is 14.7. The summed E-state index contributed by atoms with van der Waals surface area (Å²) >= 11 is 0. The molecule has 0 aliphatic carbocycles. The van der Waals surface area contributed by atoms with Crippen molar-refractivity contribution in [2.75, 3.05) is 20.2 Å². The third-order valence-corrected chi connectivity index (χ3v) is 4.64. The zero-order valence-corrected chi connectivity index (χ0v) is 14.3. The third-order valence-electron chi connectivity index (χ3n) is 4.64. The highest BCUT2D eigenvalue weighted by Crippen LogP contribution is 2.25. The van der Waals surface area contributed by atoms with Crippen molar-refractivity contribution in [1.29, 1.82) is 0 Å². The van der Waals surface area contributed by atoms with Gasteiger partial charge in [-0.3, -0.25) is 4.79 Å². The van der Waals surface area contributed by atoms with Crippen LogP contribution in [0.25, 0.3) is 0 Å². The molecule has 1 heterocycles. The SMILES string of the molecule is COCc1ccc(C(=O)N[C@@H]2CNCC[C@@H]2c2ccccc2)cc1F. The van der Waals surface area contributed by atoms with Crippen molar-refractivity contribution in [3.05, 3.63) is 71.0 Å². The zero-order valence-electron chi connectivity index (χ0n) is 14.3. The Hall–Kier alpha value is -2.24. The Bertz CT molecular complexity index is 721. The molecule has 5 heteroatoms. The maximum atomic E-state index is 14.0. The van der Waals surface area contributed by atoms with Gasteiger partial charge in [-0.25, -0.2) is 4.39 Å². The smallest absolute Gasteiger partial charge is 0.251 e. The van der Waals surface area contributed by atoms with Gasteiger partial charge in [0.25, 0.3) is 5.91 Å². The van der Waals surface area contributed by atoms with Gasteiger partial charge >= 0.3 is 0 Å². The summed E-state index contributed by atoms with van der Waals surface area (Å²) in [4.78, 5) is 12.6. The molecular weight excluding hydrogens is 319 g/mol. The molecule has 132 valence electrons. The molecule has 1 amide bonds. The van der Waals surface area contributed by atoms with Crippen molar-refractivity contribution < 1.29 is 13.9 Å². The van der Waals surface area contributed by atoms with Gasteiger partial charge in [0.2, 0.25) is 0 Å². The largest absolute Gasteiger partial charge is 0.380 e. The number of carbonyl (C=O) groups is 1. The lowest BCUT2D eigenvalue weighted by molar-refractivity contribution is 0.0924. The number of benzene rings is 2. The second-order valence-electron chi connectivity index (χ2n) is 6.33. The topological polar surface area (TPSA) is 50.4 Å². The molecule has 1 aliphatic heterocycles. The van der Waals surface area contributed by atoms with Crippen LogP contribution in [0.2, 0.25) is 0 Å². The van der Waals surface area contributed by atoms with Gasteiger partial charge in [-0.1, -0.05) is 36.4 Å². The van der Waals surface area contributed by atoms with Crippen molar-refractivity contribution in [3.63, 3.8) is 0 Å². The summed E-state index contributed by atoms with van der Waals surface area (Å²) in [5, 5.41) is 6.39. The second kappa shape index (κ2) is 8.23. The maximum absolute atomic E-state index is 14.0. The summed E-state index contributed by atoms with van der Waals surface area (Å²) in [6.45, 7) is 1.82. The lowest BCUT2D eigenvalue weighted by Gasteiger charge is -2.33. The Labute approximate surface area is 147 Å². The van der Waals surface area contributed by atoms with Crippen LogP contribution in [0.3, 0.4) is 0 Å². The molecule has 4 nitrogen and oxygen atoms in total. The molecular formula is C20H23FN2O2. The minimum atomic E-state index is -0.420. The zero-order chi connectivity index (χ0) is 17.6. The molecule has 3 rings (SSSR count). The van der Waals surface area contributed by atoms with Gasteiger partial charge < -0.3 is 15.4 Å². The number of rotatable bonds is 5. The molecule has 0 bridgehead atoms. The van der Waals surface area contributed by atoms with E-state index < -0.39 is 5.82 Å². The van der Waals surface area contributed by atoms with Crippen molar-refractivity contribution in [3.8, 4) is 0 Å². The number of nitrogens with one attached hydrogen (secondary N) is 2. The molecule has 2 N–H and O–H groups in total. The summed E-state index contributed by atoms with van der Waals surface area (Å²) in [5.74, 6) is -0.419.